The van der Waals surface area contributed by atoms with Gasteiger partial charge in [0.05, 0.1) is 0 Å². The molecular weight excluding hydrogens is 176 g/mol. The predicted molar refractivity (Wildman–Crippen MR) is 62.4 cm³/mol. The fraction of sp³-hybridized carbons (Fsp3) is 0.818. The third-order valence-electron chi connectivity index (χ3n) is 2.19. The van der Waals surface area contributed by atoms with Gasteiger partial charge < -0.3 is 4.43 Å². The summed E-state index contributed by atoms with van der Waals surface area (Å²) in [4.78, 5) is 0. The van der Waals surface area contributed by atoms with Gasteiger partial charge in [0.15, 0.2) is 0 Å². The zero-order valence-electron chi connectivity index (χ0n) is 9.60. The number of rotatable bonds is 7. The van der Waals surface area contributed by atoms with Crippen molar-refractivity contribution in [3.63, 3.8) is 0 Å². The van der Waals surface area contributed by atoms with Gasteiger partial charge >= 0.3 is 0 Å². The summed E-state index contributed by atoms with van der Waals surface area (Å²) < 4.78 is 6.09. The third-order valence-corrected chi connectivity index (χ3v) is 6.57. The molecule has 0 unspecified atom stereocenters. The lowest BCUT2D eigenvalue weighted by Crippen LogP contribution is -2.38. The standard InChI is InChI=1S/C11H24OSi/c1-6-9-13(8-3,10-7-2)12-11(4)5/h8,11H,3,6-7,9-10H2,1-2,4-5H3. The first kappa shape index (κ1) is 12.9. The molecule has 13 heavy (non-hydrogen) atoms. The fourth-order valence-electron chi connectivity index (χ4n) is 1.81. The number of hydrogen-bond acceptors (Lipinski definition) is 1. The van der Waals surface area contributed by atoms with Crippen molar-refractivity contribution >= 4 is 8.32 Å². The maximum atomic E-state index is 6.09. The van der Waals surface area contributed by atoms with Crippen molar-refractivity contribution in [1.29, 1.82) is 0 Å². The van der Waals surface area contributed by atoms with Crippen LogP contribution < -0.4 is 0 Å². The largest absolute Gasteiger partial charge is 0.411 e. The van der Waals surface area contributed by atoms with Crippen LogP contribution in [0.5, 0.6) is 0 Å². The van der Waals surface area contributed by atoms with E-state index in [1.165, 1.54) is 24.9 Å². The SMILES string of the molecule is C=C[Si](CCC)(CCC)OC(C)C. The molecule has 0 aromatic rings. The Kier molecular flexibility index (Phi) is 6.34. The van der Waals surface area contributed by atoms with Gasteiger partial charge in [-0.1, -0.05) is 32.4 Å². The van der Waals surface area contributed by atoms with E-state index in [9.17, 15) is 0 Å². The second-order valence-corrected chi connectivity index (χ2v) is 7.71. The Morgan fingerprint density at radius 2 is 1.69 bits per heavy atom. The molecule has 0 radical (unpaired) electrons. The average molecular weight is 200 g/mol. The van der Waals surface area contributed by atoms with Crippen LogP contribution in [0.25, 0.3) is 0 Å². The Morgan fingerprint density at radius 1 is 1.23 bits per heavy atom. The molecule has 0 aliphatic rings. The molecule has 0 bridgehead atoms. The molecule has 2 heteroatoms. The molecule has 0 aromatic carbocycles. The summed E-state index contributed by atoms with van der Waals surface area (Å²) in [6, 6.07) is 2.45. The molecule has 0 aliphatic carbocycles. The van der Waals surface area contributed by atoms with Crippen LogP contribution in [0.2, 0.25) is 12.1 Å². The van der Waals surface area contributed by atoms with E-state index in [2.05, 4.69) is 40.0 Å². The normalized spacial score (nSPS) is 12.1. The van der Waals surface area contributed by atoms with Crippen molar-refractivity contribution in [2.75, 3.05) is 0 Å². The predicted octanol–water partition coefficient (Wildman–Crippen LogP) is 3.90. The van der Waals surface area contributed by atoms with Crippen LogP contribution in [0.3, 0.4) is 0 Å². The zero-order chi connectivity index (χ0) is 10.3. The molecule has 0 saturated heterocycles. The van der Waals surface area contributed by atoms with Crippen molar-refractivity contribution in [3.8, 4) is 0 Å². The lowest BCUT2D eigenvalue weighted by atomic mass is 10.5. The molecule has 0 spiro atoms. The quantitative estimate of drug-likeness (QED) is 0.566. The summed E-state index contributed by atoms with van der Waals surface area (Å²) in [5.41, 5.74) is 2.12. The monoisotopic (exact) mass is 200 g/mol. The Labute approximate surface area is 84.3 Å². The first-order chi connectivity index (χ1) is 6.10. The molecule has 0 N–H and O–H groups in total. The first-order valence-corrected chi connectivity index (χ1v) is 7.81. The van der Waals surface area contributed by atoms with Gasteiger partial charge in [0.1, 0.15) is 0 Å². The molecule has 0 aromatic heterocycles. The summed E-state index contributed by atoms with van der Waals surface area (Å²) in [6.45, 7) is 12.7. The van der Waals surface area contributed by atoms with Crippen molar-refractivity contribution in [2.45, 2.75) is 58.7 Å². The average Bonchev–Trinajstić information content (AvgIpc) is 2.04. The van der Waals surface area contributed by atoms with E-state index in [-0.39, 0.29) is 0 Å². The van der Waals surface area contributed by atoms with E-state index < -0.39 is 8.32 Å². The van der Waals surface area contributed by atoms with Gasteiger partial charge in [0.25, 0.3) is 0 Å². The van der Waals surface area contributed by atoms with Crippen LogP contribution in [0.15, 0.2) is 12.3 Å². The first-order valence-electron chi connectivity index (χ1n) is 5.41. The van der Waals surface area contributed by atoms with Crippen molar-refractivity contribution in [1.82, 2.24) is 0 Å². The molecular formula is C11H24OSi. The third kappa shape index (κ3) is 4.63. The van der Waals surface area contributed by atoms with E-state index >= 15 is 0 Å². The van der Waals surface area contributed by atoms with Gasteiger partial charge in [-0.15, -0.1) is 6.58 Å². The van der Waals surface area contributed by atoms with Gasteiger partial charge in [-0.25, -0.2) is 0 Å². The van der Waals surface area contributed by atoms with Crippen LogP contribution >= 0.6 is 0 Å². The minimum absolute atomic E-state index is 0.350. The minimum atomic E-state index is -1.57. The maximum absolute atomic E-state index is 6.09. The van der Waals surface area contributed by atoms with E-state index in [1.807, 2.05) is 0 Å². The smallest absolute Gasteiger partial charge is 0.216 e. The Morgan fingerprint density at radius 3 is 1.92 bits per heavy atom. The van der Waals surface area contributed by atoms with E-state index in [1.54, 1.807) is 0 Å². The molecule has 0 saturated carbocycles. The minimum Gasteiger partial charge on any atom is -0.411 e. The zero-order valence-corrected chi connectivity index (χ0v) is 10.6. The second kappa shape index (κ2) is 6.38. The van der Waals surface area contributed by atoms with Crippen LogP contribution in [0.4, 0.5) is 0 Å². The van der Waals surface area contributed by atoms with Gasteiger partial charge in [0.2, 0.25) is 8.32 Å². The molecule has 0 rings (SSSR count). The van der Waals surface area contributed by atoms with E-state index in [4.69, 9.17) is 4.43 Å². The highest BCUT2D eigenvalue weighted by molar-refractivity contribution is 6.78. The highest BCUT2D eigenvalue weighted by Gasteiger charge is 2.30. The molecule has 0 amide bonds. The second-order valence-electron chi connectivity index (χ2n) is 3.94. The lowest BCUT2D eigenvalue weighted by molar-refractivity contribution is 0.230. The van der Waals surface area contributed by atoms with Crippen LogP contribution in [0, 0.1) is 0 Å². The fourth-order valence-corrected chi connectivity index (χ4v) is 5.43. The Hall–Kier alpha value is -0.0831. The molecule has 0 fully saturated rings. The molecule has 1 nitrogen and oxygen atoms in total. The van der Waals surface area contributed by atoms with Crippen molar-refractivity contribution in [2.24, 2.45) is 0 Å². The molecule has 0 aliphatic heterocycles. The topological polar surface area (TPSA) is 9.23 Å². The van der Waals surface area contributed by atoms with Gasteiger partial charge in [0, 0.05) is 6.10 Å². The van der Waals surface area contributed by atoms with Crippen LogP contribution in [-0.4, -0.2) is 14.4 Å². The lowest BCUT2D eigenvalue weighted by Gasteiger charge is -2.29. The van der Waals surface area contributed by atoms with E-state index in [0.29, 0.717) is 6.10 Å². The van der Waals surface area contributed by atoms with Gasteiger partial charge in [-0.3, -0.25) is 0 Å². The van der Waals surface area contributed by atoms with Gasteiger partial charge in [-0.2, -0.15) is 0 Å². The van der Waals surface area contributed by atoms with Crippen LogP contribution in [0.1, 0.15) is 40.5 Å². The summed E-state index contributed by atoms with van der Waals surface area (Å²) in [5.74, 6) is 0. The number of hydrogen-bond donors (Lipinski definition) is 0. The van der Waals surface area contributed by atoms with Crippen molar-refractivity contribution < 1.29 is 4.43 Å². The highest BCUT2D eigenvalue weighted by Crippen LogP contribution is 2.23. The summed E-state index contributed by atoms with van der Waals surface area (Å²) in [7, 11) is -1.57. The maximum Gasteiger partial charge on any atom is 0.216 e. The van der Waals surface area contributed by atoms with Crippen molar-refractivity contribution in [3.05, 3.63) is 12.3 Å². The van der Waals surface area contributed by atoms with Crippen LogP contribution in [-0.2, 0) is 4.43 Å². The van der Waals surface area contributed by atoms with E-state index in [0.717, 1.165) is 0 Å². The molecule has 0 heterocycles. The Bertz CT molecular complexity index is 137. The molecule has 78 valence electrons. The highest BCUT2D eigenvalue weighted by atomic mass is 28.4. The summed E-state index contributed by atoms with van der Waals surface area (Å²) >= 11 is 0. The Balaban J connectivity index is 4.33. The van der Waals surface area contributed by atoms with Gasteiger partial charge in [-0.05, 0) is 25.9 Å². The summed E-state index contributed by atoms with van der Waals surface area (Å²) in [5, 5.41) is 0. The summed E-state index contributed by atoms with van der Waals surface area (Å²) in [6.07, 6.45) is 2.78. The molecule has 0 atom stereocenters.